The van der Waals surface area contributed by atoms with Gasteiger partial charge in [-0.3, -0.25) is 4.79 Å². The van der Waals surface area contributed by atoms with Crippen molar-refractivity contribution in [3.63, 3.8) is 0 Å². The van der Waals surface area contributed by atoms with Crippen molar-refractivity contribution < 1.29 is 13.9 Å². The number of carbonyl (C=O) groups excluding carboxylic acids is 1. The van der Waals surface area contributed by atoms with Crippen molar-refractivity contribution in [2.75, 3.05) is 37.7 Å². The fraction of sp³-hybridized carbons (Fsp3) is 0.652. The van der Waals surface area contributed by atoms with Crippen LogP contribution < -0.4 is 4.90 Å². The molecule has 6 heteroatoms. The van der Waals surface area contributed by atoms with E-state index in [1.54, 1.807) is 12.1 Å². The molecule has 0 aromatic heterocycles. The Morgan fingerprint density at radius 2 is 2.00 bits per heavy atom. The average Bonchev–Trinajstić information content (AvgIpc) is 2.71. The van der Waals surface area contributed by atoms with Crippen LogP contribution in [0.25, 0.3) is 0 Å². The van der Waals surface area contributed by atoms with Gasteiger partial charge >= 0.3 is 0 Å². The van der Waals surface area contributed by atoms with Gasteiger partial charge in [-0.2, -0.15) is 5.26 Å². The lowest BCUT2D eigenvalue weighted by Crippen LogP contribution is -2.50. The SMILES string of the molecule is CC(C)[C@H]1CC[C@@H](C)C[C@H]1OCC(=O)N1CCN(c2cccc(F)c2C#N)CC1. The van der Waals surface area contributed by atoms with Crippen molar-refractivity contribution in [3.05, 3.63) is 29.6 Å². The maximum absolute atomic E-state index is 13.9. The zero-order chi connectivity index (χ0) is 21.0. The fourth-order valence-corrected chi connectivity index (χ4v) is 4.66. The molecule has 5 nitrogen and oxygen atoms in total. The summed E-state index contributed by atoms with van der Waals surface area (Å²) in [5, 5.41) is 9.25. The van der Waals surface area contributed by atoms with Crippen molar-refractivity contribution >= 4 is 11.6 Å². The molecule has 1 amide bonds. The summed E-state index contributed by atoms with van der Waals surface area (Å²) in [4.78, 5) is 16.5. The van der Waals surface area contributed by atoms with E-state index in [0.29, 0.717) is 49.6 Å². The second-order valence-corrected chi connectivity index (χ2v) is 8.79. The summed E-state index contributed by atoms with van der Waals surface area (Å²) in [6.45, 7) is 9.13. The smallest absolute Gasteiger partial charge is 0.248 e. The van der Waals surface area contributed by atoms with Crippen molar-refractivity contribution in [3.8, 4) is 6.07 Å². The van der Waals surface area contributed by atoms with Gasteiger partial charge in [-0.25, -0.2) is 4.39 Å². The van der Waals surface area contributed by atoms with E-state index in [0.717, 1.165) is 6.42 Å². The zero-order valence-electron chi connectivity index (χ0n) is 17.7. The van der Waals surface area contributed by atoms with E-state index in [1.807, 2.05) is 15.9 Å². The Kier molecular flexibility index (Phi) is 7.13. The summed E-state index contributed by atoms with van der Waals surface area (Å²) in [5.74, 6) is 1.25. The van der Waals surface area contributed by atoms with Gasteiger partial charge in [-0.1, -0.05) is 33.3 Å². The van der Waals surface area contributed by atoms with Gasteiger partial charge in [0.2, 0.25) is 5.91 Å². The first-order chi connectivity index (χ1) is 13.9. The number of piperazine rings is 1. The van der Waals surface area contributed by atoms with Crippen LogP contribution in [0.5, 0.6) is 0 Å². The zero-order valence-corrected chi connectivity index (χ0v) is 17.7. The maximum atomic E-state index is 13.9. The lowest BCUT2D eigenvalue weighted by atomic mass is 9.75. The predicted octanol–water partition coefficient (Wildman–Crippen LogP) is 3.82. The summed E-state index contributed by atoms with van der Waals surface area (Å²) < 4.78 is 20.0. The number of benzene rings is 1. The first-order valence-electron chi connectivity index (χ1n) is 10.7. The number of rotatable bonds is 5. The Labute approximate surface area is 173 Å². The van der Waals surface area contributed by atoms with Crippen LogP contribution in [-0.2, 0) is 9.53 Å². The minimum absolute atomic E-state index is 0.0186. The summed E-state index contributed by atoms with van der Waals surface area (Å²) in [6, 6.07) is 6.63. The van der Waals surface area contributed by atoms with Crippen molar-refractivity contribution in [1.82, 2.24) is 4.90 Å². The Balaban J connectivity index is 1.53. The van der Waals surface area contributed by atoms with Gasteiger partial charge in [0.1, 0.15) is 24.1 Å². The van der Waals surface area contributed by atoms with Gasteiger partial charge in [-0.15, -0.1) is 0 Å². The highest BCUT2D eigenvalue weighted by molar-refractivity contribution is 5.78. The summed E-state index contributed by atoms with van der Waals surface area (Å²) in [7, 11) is 0. The molecular weight excluding hydrogens is 369 g/mol. The Bertz CT molecular complexity index is 753. The number of nitrogens with zero attached hydrogens (tertiary/aromatic N) is 3. The Hall–Kier alpha value is -2.13. The molecule has 0 radical (unpaired) electrons. The van der Waals surface area contributed by atoms with Crippen LogP contribution in [0.4, 0.5) is 10.1 Å². The second kappa shape index (κ2) is 9.58. The van der Waals surface area contributed by atoms with Crippen LogP contribution in [0.15, 0.2) is 18.2 Å². The van der Waals surface area contributed by atoms with Gasteiger partial charge in [-0.05, 0) is 42.7 Å². The quantitative estimate of drug-likeness (QED) is 0.753. The van der Waals surface area contributed by atoms with Crippen molar-refractivity contribution in [2.24, 2.45) is 17.8 Å². The molecule has 1 aromatic rings. The molecule has 0 unspecified atom stereocenters. The molecule has 2 fully saturated rings. The summed E-state index contributed by atoms with van der Waals surface area (Å²) >= 11 is 0. The maximum Gasteiger partial charge on any atom is 0.248 e. The van der Waals surface area contributed by atoms with Crippen molar-refractivity contribution in [2.45, 2.75) is 46.1 Å². The molecule has 2 aliphatic rings. The predicted molar refractivity (Wildman–Crippen MR) is 111 cm³/mol. The first-order valence-corrected chi connectivity index (χ1v) is 10.7. The molecular formula is C23H32FN3O2. The van der Waals surface area contributed by atoms with E-state index in [1.165, 1.54) is 18.9 Å². The standard InChI is InChI=1S/C23H32FN3O2/c1-16(2)18-8-7-17(3)13-22(18)29-15-23(28)27-11-9-26(10-12-27)21-6-4-5-20(24)19(21)14-25/h4-6,16-18,22H,7-13,15H2,1-3H3/t17-,18-,22-/m1/s1. The molecule has 1 aliphatic carbocycles. The number of halogens is 1. The molecule has 158 valence electrons. The Morgan fingerprint density at radius 3 is 2.66 bits per heavy atom. The number of ether oxygens (including phenoxy) is 1. The first kappa shape index (κ1) is 21.6. The van der Waals surface area contributed by atoms with Crippen LogP contribution in [-0.4, -0.2) is 49.7 Å². The monoisotopic (exact) mass is 401 g/mol. The third kappa shape index (κ3) is 5.08. The van der Waals surface area contributed by atoms with E-state index < -0.39 is 5.82 Å². The van der Waals surface area contributed by atoms with Crippen LogP contribution in [0.3, 0.4) is 0 Å². The number of hydrogen-bond acceptors (Lipinski definition) is 4. The Morgan fingerprint density at radius 1 is 1.28 bits per heavy atom. The van der Waals surface area contributed by atoms with Gasteiger partial charge in [0.15, 0.2) is 0 Å². The largest absolute Gasteiger partial charge is 0.368 e. The van der Waals surface area contributed by atoms with Gasteiger partial charge < -0.3 is 14.5 Å². The summed E-state index contributed by atoms with van der Waals surface area (Å²) in [6.07, 6.45) is 3.60. The van der Waals surface area contributed by atoms with Gasteiger partial charge in [0.25, 0.3) is 0 Å². The fourth-order valence-electron chi connectivity index (χ4n) is 4.66. The molecule has 0 bridgehead atoms. The molecule has 3 rings (SSSR count). The van der Waals surface area contributed by atoms with E-state index in [9.17, 15) is 14.4 Å². The molecule has 3 atom stereocenters. The minimum atomic E-state index is -0.502. The van der Waals surface area contributed by atoms with E-state index >= 15 is 0 Å². The molecule has 1 saturated carbocycles. The van der Waals surface area contributed by atoms with E-state index in [4.69, 9.17) is 4.74 Å². The van der Waals surface area contributed by atoms with E-state index in [-0.39, 0.29) is 24.2 Å². The summed E-state index contributed by atoms with van der Waals surface area (Å²) in [5.41, 5.74) is 0.675. The number of nitriles is 1. The highest BCUT2D eigenvalue weighted by atomic mass is 19.1. The van der Waals surface area contributed by atoms with Crippen LogP contribution >= 0.6 is 0 Å². The average molecular weight is 402 g/mol. The van der Waals surface area contributed by atoms with Crippen LogP contribution in [0.1, 0.15) is 45.6 Å². The van der Waals surface area contributed by atoms with Crippen LogP contribution in [0.2, 0.25) is 0 Å². The van der Waals surface area contributed by atoms with Gasteiger partial charge in [0.05, 0.1) is 11.8 Å². The number of anilines is 1. The normalized spacial score (nSPS) is 25.2. The molecule has 1 saturated heterocycles. The highest BCUT2D eigenvalue weighted by Crippen LogP contribution is 2.35. The minimum Gasteiger partial charge on any atom is -0.368 e. The van der Waals surface area contributed by atoms with E-state index in [2.05, 4.69) is 20.8 Å². The second-order valence-electron chi connectivity index (χ2n) is 8.79. The van der Waals surface area contributed by atoms with Crippen LogP contribution in [0, 0.1) is 34.9 Å². The molecule has 1 heterocycles. The number of amides is 1. The molecule has 1 aromatic carbocycles. The highest BCUT2D eigenvalue weighted by Gasteiger charge is 2.32. The third-order valence-corrected chi connectivity index (χ3v) is 6.46. The topological polar surface area (TPSA) is 56.6 Å². The molecule has 0 N–H and O–H groups in total. The van der Waals surface area contributed by atoms with Crippen molar-refractivity contribution in [1.29, 1.82) is 5.26 Å². The number of carbonyl (C=O) groups is 1. The van der Waals surface area contributed by atoms with Gasteiger partial charge in [0, 0.05) is 26.2 Å². The lowest BCUT2D eigenvalue weighted by molar-refractivity contribution is -0.141. The molecule has 29 heavy (non-hydrogen) atoms. The third-order valence-electron chi connectivity index (χ3n) is 6.46. The molecule has 1 aliphatic heterocycles. The number of hydrogen-bond donors (Lipinski definition) is 0. The lowest BCUT2D eigenvalue weighted by Gasteiger charge is -2.38. The molecule has 0 spiro atoms.